The number of benzene rings is 1. The topological polar surface area (TPSA) is 142 Å². The third-order valence-electron chi connectivity index (χ3n) is 5.06. The van der Waals surface area contributed by atoms with Gasteiger partial charge in [-0.15, -0.1) is 0 Å². The van der Waals surface area contributed by atoms with Gasteiger partial charge in [0.15, 0.2) is 0 Å². The minimum absolute atomic E-state index is 0.206. The second kappa shape index (κ2) is 9.09. The Bertz CT molecular complexity index is 1240. The van der Waals surface area contributed by atoms with E-state index in [0.717, 1.165) is 0 Å². The molecule has 1 aliphatic heterocycles. The molecule has 0 radical (unpaired) electrons. The molecule has 11 heteroatoms. The van der Waals surface area contributed by atoms with Gasteiger partial charge in [0, 0.05) is 24.4 Å². The normalized spacial score (nSPS) is 15.4. The largest absolute Gasteiger partial charge is 0.442 e. The van der Waals surface area contributed by atoms with E-state index in [2.05, 4.69) is 15.6 Å². The molecule has 2 aromatic heterocycles. The summed E-state index contributed by atoms with van der Waals surface area (Å²) in [6.07, 6.45) is 2.01. The molecule has 1 fully saturated rings. The van der Waals surface area contributed by atoms with E-state index in [-0.39, 0.29) is 30.5 Å². The Hall–Kier alpha value is -4.25. The van der Waals surface area contributed by atoms with E-state index in [9.17, 15) is 19.2 Å². The number of anilines is 2. The van der Waals surface area contributed by atoms with Crippen LogP contribution >= 0.6 is 0 Å². The Labute approximate surface area is 188 Å². The Kier molecular flexibility index (Phi) is 6.05. The zero-order valence-corrected chi connectivity index (χ0v) is 17.6. The molecule has 0 saturated carbocycles. The zero-order chi connectivity index (χ0) is 23.5. The van der Waals surface area contributed by atoms with Gasteiger partial charge in [-0.1, -0.05) is 0 Å². The molecule has 170 valence electrons. The first-order chi connectivity index (χ1) is 15.9. The molecule has 1 saturated heterocycles. The Morgan fingerprint density at radius 1 is 1.18 bits per heavy atom. The maximum atomic E-state index is 13.1. The molecule has 4 rings (SSSR count). The van der Waals surface area contributed by atoms with Crippen LogP contribution in [0.2, 0.25) is 0 Å². The first kappa shape index (κ1) is 22.0. The van der Waals surface area contributed by atoms with Crippen LogP contribution in [0.15, 0.2) is 48.8 Å². The highest BCUT2D eigenvalue weighted by Crippen LogP contribution is 2.23. The van der Waals surface area contributed by atoms with Crippen LogP contribution in [0.25, 0.3) is 5.65 Å². The van der Waals surface area contributed by atoms with Crippen LogP contribution in [-0.2, 0) is 14.3 Å². The number of amides is 3. The highest BCUT2D eigenvalue weighted by molar-refractivity contribution is 6.08. The summed E-state index contributed by atoms with van der Waals surface area (Å²) < 4.78 is 6.81. The number of cyclic esters (lactones) is 1. The molecule has 33 heavy (non-hydrogen) atoms. The Balaban J connectivity index is 1.51. The summed E-state index contributed by atoms with van der Waals surface area (Å²) in [5.41, 5.74) is 2.16. The van der Waals surface area contributed by atoms with Crippen molar-refractivity contribution in [1.82, 2.24) is 14.7 Å². The monoisotopic (exact) mass is 451 g/mol. The number of ether oxygens (including phenoxy) is 1. The minimum Gasteiger partial charge on any atom is -0.442 e. The number of nitrogens with zero attached hydrogens (tertiary/aromatic N) is 3. The number of carbonyl (C=O) groups is 4. The van der Waals surface area contributed by atoms with Crippen LogP contribution in [0.1, 0.15) is 23.0 Å². The number of aliphatic hydroxyl groups is 1. The number of hydrogen-bond acceptors (Lipinski definition) is 7. The average molecular weight is 451 g/mol. The quantitative estimate of drug-likeness (QED) is 0.454. The number of hydrogen-bond donors (Lipinski definition) is 3. The van der Waals surface area contributed by atoms with Crippen molar-refractivity contribution in [3.8, 4) is 0 Å². The standard InChI is InChI=1S/C22H21N5O6/c1-13(29)23-8-17-11-26(22(32)33-17)16-5-2-14(3-6-16)21(31)18-9-24-19-7-4-15(10-27(18)19)25-20(30)12-28/h2-7,9-10,17,28H,8,11-12H2,1H3,(H,23,29)(H,25,30)/t17-/m0/s1. The van der Waals surface area contributed by atoms with Crippen molar-refractivity contribution in [1.29, 1.82) is 0 Å². The van der Waals surface area contributed by atoms with Crippen LogP contribution in [-0.4, -0.2) is 64.0 Å². The summed E-state index contributed by atoms with van der Waals surface area (Å²) in [5, 5.41) is 14.0. The number of rotatable bonds is 7. The third-order valence-corrected chi connectivity index (χ3v) is 5.06. The van der Waals surface area contributed by atoms with Crippen LogP contribution in [0.4, 0.5) is 16.2 Å². The van der Waals surface area contributed by atoms with Crippen molar-refractivity contribution in [3.63, 3.8) is 0 Å². The number of imidazole rings is 1. The molecule has 0 bridgehead atoms. The summed E-state index contributed by atoms with van der Waals surface area (Å²) in [4.78, 5) is 53.4. The number of aliphatic hydroxyl groups excluding tert-OH is 1. The van der Waals surface area contributed by atoms with Gasteiger partial charge in [0.2, 0.25) is 17.6 Å². The molecule has 11 nitrogen and oxygen atoms in total. The summed E-state index contributed by atoms with van der Waals surface area (Å²) >= 11 is 0. The second-order valence-corrected chi connectivity index (χ2v) is 7.43. The van der Waals surface area contributed by atoms with Gasteiger partial charge < -0.3 is 20.5 Å². The molecular formula is C22H21N5O6. The lowest BCUT2D eigenvalue weighted by Crippen LogP contribution is -2.33. The maximum absolute atomic E-state index is 13.1. The van der Waals surface area contributed by atoms with Gasteiger partial charge in [-0.2, -0.15) is 0 Å². The van der Waals surface area contributed by atoms with E-state index in [0.29, 0.717) is 22.6 Å². The van der Waals surface area contributed by atoms with Gasteiger partial charge in [0.1, 0.15) is 24.1 Å². The molecule has 3 heterocycles. The minimum atomic E-state index is -0.654. The van der Waals surface area contributed by atoms with Crippen LogP contribution in [0, 0.1) is 0 Å². The number of nitrogens with one attached hydrogen (secondary N) is 2. The van der Waals surface area contributed by atoms with Crippen LogP contribution in [0.3, 0.4) is 0 Å². The van der Waals surface area contributed by atoms with Crippen molar-refractivity contribution in [3.05, 3.63) is 60.0 Å². The van der Waals surface area contributed by atoms with Crippen LogP contribution < -0.4 is 15.5 Å². The second-order valence-electron chi connectivity index (χ2n) is 7.43. The predicted octanol–water partition coefficient (Wildman–Crippen LogP) is 0.957. The maximum Gasteiger partial charge on any atom is 0.414 e. The number of aromatic nitrogens is 2. The fraction of sp³-hybridized carbons (Fsp3) is 0.227. The third kappa shape index (κ3) is 4.67. The molecule has 3 N–H and O–H groups in total. The fourth-order valence-corrected chi connectivity index (χ4v) is 3.46. The van der Waals surface area contributed by atoms with Crippen molar-refractivity contribution >= 4 is 40.7 Å². The Morgan fingerprint density at radius 3 is 2.64 bits per heavy atom. The molecular weight excluding hydrogens is 430 g/mol. The molecule has 1 aromatic carbocycles. The number of ketones is 1. The van der Waals surface area contributed by atoms with Crippen molar-refractivity contribution < 1.29 is 29.0 Å². The molecule has 1 aliphatic rings. The van der Waals surface area contributed by atoms with Crippen molar-refractivity contribution in [2.24, 2.45) is 0 Å². The van der Waals surface area contributed by atoms with Gasteiger partial charge in [-0.05, 0) is 36.4 Å². The van der Waals surface area contributed by atoms with Crippen LogP contribution in [0.5, 0.6) is 0 Å². The highest BCUT2D eigenvalue weighted by Gasteiger charge is 2.32. The SMILES string of the molecule is CC(=O)NC[C@H]1CN(c2ccc(C(=O)c3cnc4ccc(NC(=O)CO)cn34)cc2)C(=O)O1. The van der Waals surface area contributed by atoms with E-state index < -0.39 is 24.7 Å². The first-order valence-electron chi connectivity index (χ1n) is 10.1. The van der Waals surface area contributed by atoms with E-state index in [4.69, 9.17) is 9.84 Å². The van der Waals surface area contributed by atoms with Gasteiger partial charge in [-0.25, -0.2) is 9.78 Å². The molecule has 3 amide bonds. The zero-order valence-electron chi connectivity index (χ0n) is 17.6. The number of pyridine rings is 1. The van der Waals surface area contributed by atoms with E-state index >= 15 is 0 Å². The van der Waals surface area contributed by atoms with E-state index in [1.165, 1.54) is 18.0 Å². The summed E-state index contributed by atoms with van der Waals surface area (Å²) in [6, 6.07) is 9.75. The van der Waals surface area contributed by atoms with E-state index in [1.54, 1.807) is 47.0 Å². The van der Waals surface area contributed by atoms with Gasteiger partial charge in [0.05, 0.1) is 25.0 Å². The lowest BCUT2D eigenvalue weighted by atomic mass is 10.1. The molecule has 0 unspecified atom stereocenters. The number of fused-ring (bicyclic) bond motifs is 1. The summed E-state index contributed by atoms with van der Waals surface area (Å²) in [6.45, 7) is 1.24. The molecule has 1 atom stereocenters. The highest BCUT2D eigenvalue weighted by atomic mass is 16.6. The average Bonchev–Trinajstić information content (AvgIpc) is 3.40. The fourth-order valence-electron chi connectivity index (χ4n) is 3.46. The Morgan fingerprint density at radius 2 is 1.94 bits per heavy atom. The molecule has 3 aromatic rings. The first-order valence-corrected chi connectivity index (χ1v) is 10.1. The molecule has 0 spiro atoms. The predicted molar refractivity (Wildman–Crippen MR) is 117 cm³/mol. The number of carbonyl (C=O) groups excluding carboxylic acids is 4. The smallest absolute Gasteiger partial charge is 0.414 e. The summed E-state index contributed by atoms with van der Waals surface area (Å²) in [5.74, 6) is -1.08. The van der Waals surface area contributed by atoms with E-state index in [1.807, 2.05) is 0 Å². The van der Waals surface area contributed by atoms with Gasteiger partial charge in [-0.3, -0.25) is 23.7 Å². The summed E-state index contributed by atoms with van der Waals surface area (Å²) in [7, 11) is 0. The van der Waals surface area contributed by atoms with Crippen molar-refractivity contribution in [2.75, 3.05) is 29.9 Å². The lowest BCUT2D eigenvalue weighted by molar-refractivity contribution is -0.119. The molecule has 0 aliphatic carbocycles. The van der Waals surface area contributed by atoms with Gasteiger partial charge in [0.25, 0.3) is 0 Å². The lowest BCUT2D eigenvalue weighted by Gasteiger charge is -2.13. The van der Waals surface area contributed by atoms with Gasteiger partial charge >= 0.3 is 6.09 Å². The van der Waals surface area contributed by atoms with Crippen molar-refractivity contribution in [2.45, 2.75) is 13.0 Å².